The third kappa shape index (κ3) is 5.66. The van der Waals surface area contributed by atoms with Crippen LogP contribution in [0.3, 0.4) is 0 Å². The highest BCUT2D eigenvalue weighted by Crippen LogP contribution is 2.22. The van der Waals surface area contributed by atoms with Crippen LogP contribution < -0.4 is 10.5 Å². The molecule has 0 heterocycles. The molecule has 114 valence electrons. The van der Waals surface area contributed by atoms with Crippen LogP contribution in [-0.4, -0.2) is 28.2 Å². The molecule has 0 spiro atoms. The first-order valence-corrected chi connectivity index (χ1v) is 8.31. The van der Waals surface area contributed by atoms with E-state index in [9.17, 15) is 8.42 Å². The van der Waals surface area contributed by atoms with E-state index in [0.29, 0.717) is 24.2 Å². The van der Waals surface area contributed by atoms with E-state index in [1.807, 2.05) is 0 Å². The van der Waals surface area contributed by atoms with Gasteiger partial charge in [-0.3, -0.25) is 0 Å². The van der Waals surface area contributed by atoms with Crippen molar-refractivity contribution in [3.8, 4) is 0 Å². The van der Waals surface area contributed by atoms with Gasteiger partial charge in [0.05, 0.1) is 12.3 Å². The Kier molecular flexibility index (Phi) is 6.75. The van der Waals surface area contributed by atoms with Crippen molar-refractivity contribution in [2.24, 2.45) is 5.92 Å². The van der Waals surface area contributed by atoms with Gasteiger partial charge >= 0.3 is 0 Å². The molecule has 0 aliphatic carbocycles. The quantitative estimate of drug-likeness (QED) is 0.568. The molecular weight excluding hydrogens is 300 g/mol. The Morgan fingerprint density at radius 3 is 2.70 bits per heavy atom. The van der Waals surface area contributed by atoms with Gasteiger partial charge in [-0.1, -0.05) is 25.4 Å². The van der Waals surface area contributed by atoms with Gasteiger partial charge in [-0.25, -0.2) is 13.1 Å². The average molecular weight is 321 g/mol. The molecule has 20 heavy (non-hydrogen) atoms. The molecule has 3 N–H and O–H groups in total. The number of hydrogen-bond acceptors (Lipinski definition) is 4. The molecule has 1 rings (SSSR count). The average Bonchev–Trinajstić information content (AvgIpc) is 2.36. The fourth-order valence-corrected chi connectivity index (χ4v) is 2.89. The Morgan fingerprint density at radius 2 is 2.05 bits per heavy atom. The Morgan fingerprint density at radius 1 is 1.35 bits per heavy atom. The van der Waals surface area contributed by atoms with Crippen molar-refractivity contribution in [1.82, 2.24) is 4.72 Å². The Labute approximate surface area is 125 Å². The van der Waals surface area contributed by atoms with E-state index in [1.165, 1.54) is 12.1 Å². The maximum atomic E-state index is 12.0. The molecule has 0 saturated heterocycles. The van der Waals surface area contributed by atoms with Crippen LogP contribution in [-0.2, 0) is 14.8 Å². The van der Waals surface area contributed by atoms with E-state index in [1.54, 1.807) is 6.07 Å². The summed E-state index contributed by atoms with van der Waals surface area (Å²) in [5.41, 5.74) is 5.82. The molecule has 0 aliphatic heterocycles. The summed E-state index contributed by atoms with van der Waals surface area (Å²) in [5, 5.41) is 0.327. The highest BCUT2D eigenvalue weighted by atomic mass is 35.5. The van der Waals surface area contributed by atoms with E-state index in [2.05, 4.69) is 18.6 Å². The summed E-state index contributed by atoms with van der Waals surface area (Å²) in [4.78, 5) is -0.00724. The number of benzene rings is 1. The summed E-state index contributed by atoms with van der Waals surface area (Å²) >= 11 is 5.78. The summed E-state index contributed by atoms with van der Waals surface area (Å²) in [7, 11) is -3.66. The van der Waals surface area contributed by atoms with Crippen LogP contribution in [0.4, 0.5) is 5.69 Å². The third-order valence-corrected chi connectivity index (χ3v) is 4.39. The zero-order valence-corrected chi connectivity index (χ0v) is 13.3. The second-order valence-electron chi connectivity index (χ2n) is 4.87. The van der Waals surface area contributed by atoms with Crippen LogP contribution in [0.15, 0.2) is 23.1 Å². The number of nitrogens with two attached hydrogens (primary N) is 1. The van der Waals surface area contributed by atoms with Crippen LogP contribution in [0.25, 0.3) is 0 Å². The predicted molar refractivity (Wildman–Crippen MR) is 81.3 cm³/mol. The summed E-state index contributed by atoms with van der Waals surface area (Å²) < 4.78 is 31.9. The van der Waals surface area contributed by atoms with Crippen molar-refractivity contribution in [2.45, 2.75) is 25.2 Å². The number of nitrogen functional groups attached to an aromatic ring is 1. The lowest BCUT2D eigenvalue weighted by atomic mass is 10.1. The molecule has 7 heteroatoms. The van der Waals surface area contributed by atoms with Gasteiger partial charge < -0.3 is 10.5 Å². The van der Waals surface area contributed by atoms with Gasteiger partial charge in [0.1, 0.15) is 4.90 Å². The SMILES string of the molecule is CC(C)CCOCCNS(=O)(=O)c1cc(Cl)ccc1N. The Hall–Kier alpha value is -0.820. The Bertz CT molecular complexity index is 532. The first-order chi connectivity index (χ1) is 9.33. The van der Waals surface area contributed by atoms with E-state index < -0.39 is 10.0 Å². The van der Waals surface area contributed by atoms with E-state index >= 15 is 0 Å². The fraction of sp³-hybridized carbons (Fsp3) is 0.538. The molecule has 5 nitrogen and oxygen atoms in total. The minimum atomic E-state index is -3.66. The van der Waals surface area contributed by atoms with Gasteiger partial charge in [-0.05, 0) is 30.5 Å². The molecule has 0 bridgehead atoms. The molecule has 0 unspecified atom stereocenters. The minimum absolute atomic E-state index is 0.00724. The van der Waals surface area contributed by atoms with Crippen molar-refractivity contribution in [1.29, 1.82) is 0 Å². The third-order valence-electron chi connectivity index (χ3n) is 2.64. The highest BCUT2D eigenvalue weighted by molar-refractivity contribution is 7.89. The molecule has 0 aromatic heterocycles. The number of ether oxygens (including phenoxy) is 1. The van der Waals surface area contributed by atoms with Crippen molar-refractivity contribution < 1.29 is 13.2 Å². The first-order valence-electron chi connectivity index (χ1n) is 6.45. The Balaban J connectivity index is 2.48. The summed E-state index contributed by atoms with van der Waals surface area (Å²) in [6.07, 6.45) is 0.952. The maximum absolute atomic E-state index is 12.0. The van der Waals surface area contributed by atoms with Crippen LogP contribution in [0.2, 0.25) is 5.02 Å². The molecule has 1 aromatic rings. The number of halogens is 1. The van der Waals surface area contributed by atoms with Crippen LogP contribution >= 0.6 is 11.6 Å². The summed E-state index contributed by atoms with van der Waals surface area (Å²) in [5.74, 6) is 0.568. The van der Waals surface area contributed by atoms with Crippen LogP contribution in [0.5, 0.6) is 0 Å². The van der Waals surface area contributed by atoms with E-state index in [-0.39, 0.29) is 17.1 Å². The van der Waals surface area contributed by atoms with Gasteiger partial charge in [0.2, 0.25) is 10.0 Å². The number of hydrogen-bond donors (Lipinski definition) is 2. The normalized spacial score (nSPS) is 12.0. The fourth-order valence-electron chi connectivity index (χ4n) is 1.49. The van der Waals surface area contributed by atoms with Crippen molar-refractivity contribution >= 4 is 27.3 Å². The first kappa shape index (κ1) is 17.2. The van der Waals surface area contributed by atoms with Gasteiger partial charge in [-0.15, -0.1) is 0 Å². The molecule has 0 amide bonds. The second-order valence-corrected chi connectivity index (χ2v) is 7.05. The molecule has 1 aromatic carbocycles. The van der Waals surface area contributed by atoms with Gasteiger partial charge in [0.15, 0.2) is 0 Å². The number of rotatable bonds is 8. The lowest BCUT2D eigenvalue weighted by molar-refractivity contribution is 0.128. The number of sulfonamides is 1. The van der Waals surface area contributed by atoms with Gasteiger partial charge in [0, 0.05) is 18.2 Å². The van der Waals surface area contributed by atoms with Gasteiger partial charge in [0.25, 0.3) is 0 Å². The van der Waals surface area contributed by atoms with E-state index in [0.717, 1.165) is 6.42 Å². The standard InChI is InChI=1S/C13H21ClN2O3S/c1-10(2)5-7-19-8-6-16-20(17,18)13-9-11(14)3-4-12(13)15/h3-4,9-10,16H,5-8,15H2,1-2H3. The van der Waals surface area contributed by atoms with Crippen molar-refractivity contribution in [3.63, 3.8) is 0 Å². The smallest absolute Gasteiger partial charge is 0.242 e. The van der Waals surface area contributed by atoms with Crippen molar-refractivity contribution in [2.75, 3.05) is 25.5 Å². The molecule has 0 atom stereocenters. The topological polar surface area (TPSA) is 81.4 Å². The summed E-state index contributed by atoms with van der Waals surface area (Å²) in [6, 6.07) is 4.35. The maximum Gasteiger partial charge on any atom is 0.242 e. The molecule has 0 aliphatic rings. The zero-order chi connectivity index (χ0) is 15.2. The largest absolute Gasteiger partial charge is 0.398 e. The predicted octanol–water partition coefficient (Wildman–Crippen LogP) is 2.26. The minimum Gasteiger partial charge on any atom is -0.398 e. The lowest BCUT2D eigenvalue weighted by Gasteiger charge is -2.10. The molecule has 0 saturated carbocycles. The monoisotopic (exact) mass is 320 g/mol. The molecule has 0 radical (unpaired) electrons. The lowest BCUT2D eigenvalue weighted by Crippen LogP contribution is -2.28. The van der Waals surface area contributed by atoms with Crippen molar-refractivity contribution in [3.05, 3.63) is 23.2 Å². The second kappa shape index (κ2) is 7.83. The molecule has 0 fully saturated rings. The summed E-state index contributed by atoms with van der Waals surface area (Å²) in [6.45, 7) is 5.36. The zero-order valence-electron chi connectivity index (χ0n) is 11.7. The van der Waals surface area contributed by atoms with Crippen LogP contribution in [0.1, 0.15) is 20.3 Å². The van der Waals surface area contributed by atoms with Crippen LogP contribution in [0, 0.1) is 5.92 Å². The number of anilines is 1. The number of nitrogens with one attached hydrogen (secondary N) is 1. The van der Waals surface area contributed by atoms with Gasteiger partial charge in [-0.2, -0.15) is 0 Å². The van der Waals surface area contributed by atoms with E-state index in [4.69, 9.17) is 22.1 Å². The molecular formula is C13H21ClN2O3S. The highest BCUT2D eigenvalue weighted by Gasteiger charge is 2.17.